The highest BCUT2D eigenvalue weighted by molar-refractivity contribution is 6.20. The van der Waals surface area contributed by atoms with Crippen molar-refractivity contribution in [2.75, 3.05) is 0 Å². The van der Waals surface area contributed by atoms with Crippen molar-refractivity contribution >= 4 is 17.5 Å². The molecule has 0 aliphatic heterocycles. The first-order valence-corrected chi connectivity index (χ1v) is 7.56. The quantitative estimate of drug-likeness (QED) is 0.747. The number of hydrogen-bond acceptors (Lipinski definition) is 3. The van der Waals surface area contributed by atoms with E-state index in [1.54, 1.807) is 23.0 Å². The smallest absolute Gasteiger partial charge is 0.249 e. The first-order chi connectivity index (χ1) is 11.1. The monoisotopic (exact) mass is 326 g/mol. The van der Waals surface area contributed by atoms with Crippen LogP contribution in [0.25, 0.3) is 16.8 Å². The Morgan fingerprint density at radius 2 is 1.78 bits per heavy atom. The van der Waals surface area contributed by atoms with Gasteiger partial charge in [-0.05, 0) is 24.6 Å². The first-order valence-electron chi connectivity index (χ1n) is 7.13. The summed E-state index contributed by atoms with van der Waals surface area (Å²) in [6, 6.07) is 14.9. The van der Waals surface area contributed by atoms with E-state index in [1.165, 1.54) is 0 Å². The number of aromatic nitrogens is 3. The Hall–Kier alpha value is -2.66. The number of amides is 1. The summed E-state index contributed by atoms with van der Waals surface area (Å²) in [4.78, 5) is 11.7. The molecule has 1 atom stereocenters. The van der Waals surface area contributed by atoms with Crippen LogP contribution >= 0.6 is 11.6 Å². The van der Waals surface area contributed by atoms with E-state index in [0.29, 0.717) is 11.3 Å². The highest BCUT2D eigenvalue weighted by Crippen LogP contribution is 2.29. The van der Waals surface area contributed by atoms with Crippen molar-refractivity contribution in [2.45, 2.75) is 12.3 Å². The molecular formula is C17H15ClN4O. The molecule has 1 aromatic heterocycles. The average Bonchev–Trinajstić information content (AvgIpc) is 3.05. The van der Waals surface area contributed by atoms with Crippen LogP contribution in [-0.4, -0.2) is 20.9 Å². The molecule has 6 heteroatoms. The molecule has 3 rings (SSSR count). The molecule has 2 aromatic carbocycles. The van der Waals surface area contributed by atoms with E-state index >= 15 is 0 Å². The molecule has 5 nitrogen and oxygen atoms in total. The highest BCUT2D eigenvalue weighted by Gasteiger charge is 2.15. The van der Waals surface area contributed by atoms with Crippen LogP contribution in [0, 0.1) is 0 Å². The number of hydrogen-bond donors (Lipinski definition) is 1. The van der Waals surface area contributed by atoms with Crippen molar-refractivity contribution in [1.82, 2.24) is 15.0 Å². The van der Waals surface area contributed by atoms with Gasteiger partial charge >= 0.3 is 0 Å². The van der Waals surface area contributed by atoms with Gasteiger partial charge in [-0.1, -0.05) is 41.6 Å². The number of nitrogens with two attached hydrogens (primary N) is 1. The fraction of sp³-hybridized carbons (Fsp3) is 0.118. The van der Waals surface area contributed by atoms with Gasteiger partial charge in [0.05, 0.1) is 17.3 Å². The summed E-state index contributed by atoms with van der Waals surface area (Å²) < 4.78 is 1.65. The third-order valence-electron chi connectivity index (χ3n) is 3.55. The second kappa shape index (κ2) is 6.22. The van der Waals surface area contributed by atoms with Gasteiger partial charge in [0.15, 0.2) is 0 Å². The van der Waals surface area contributed by atoms with Gasteiger partial charge in [0, 0.05) is 11.1 Å². The first kappa shape index (κ1) is 15.2. The number of benzene rings is 2. The lowest BCUT2D eigenvalue weighted by Crippen LogP contribution is -2.12. The van der Waals surface area contributed by atoms with Gasteiger partial charge < -0.3 is 5.73 Å². The van der Waals surface area contributed by atoms with Crippen LogP contribution in [0.5, 0.6) is 0 Å². The van der Waals surface area contributed by atoms with E-state index in [4.69, 9.17) is 17.3 Å². The summed E-state index contributed by atoms with van der Waals surface area (Å²) in [6.45, 7) is 1.84. The van der Waals surface area contributed by atoms with Crippen LogP contribution < -0.4 is 5.73 Å². The third-order valence-corrected chi connectivity index (χ3v) is 3.78. The minimum absolute atomic E-state index is 0.228. The average molecular weight is 327 g/mol. The summed E-state index contributed by atoms with van der Waals surface area (Å²) in [5, 5.41) is 7.98. The van der Waals surface area contributed by atoms with Crippen LogP contribution in [0.1, 0.15) is 28.4 Å². The Morgan fingerprint density at radius 3 is 2.43 bits per heavy atom. The largest absolute Gasteiger partial charge is 0.366 e. The Balaban J connectivity index is 2.17. The number of carbonyl (C=O) groups excluding carboxylic acids is 1. The Bertz CT molecular complexity index is 857. The summed E-state index contributed by atoms with van der Waals surface area (Å²) in [5.41, 5.74) is 9.05. The number of primary amides is 1. The van der Waals surface area contributed by atoms with Gasteiger partial charge in [0.25, 0.3) is 0 Å². The van der Waals surface area contributed by atoms with E-state index in [0.717, 1.165) is 16.8 Å². The summed E-state index contributed by atoms with van der Waals surface area (Å²) in [6.07, 6.45) is 1.78. The zero-order valence-corrected chi connectivity index (χ0v) is 13.2. The fourth-order valence-electron chi connectivity index (χ4n) is 2.41. The van der Waals surface area contributed by atoms with Gasteiger partial charge in [0.2, 0.25) is 5.91 Å². The van der Waals surface area contributed by atoms with Crippen molar-refractivity contribution in [3.05, 3.63) is 66.0 Å². The molecule has 1 amide bonds. The Kier molecular flexibility index (Phi) is 4.12. The second-order valence-electron chi connectivity index (χ2n) is 5.13. The number of halogens is 1. The number of carbonyl (C=O) groups is 1. The molecule has 0 fully saturated rings. The Labute approximate surface area is 138 Å². The van der Waals surface area contributed by atoms with Crippen LogP contribution in [0.2, 0.25) is 0 Å². The maximum Gasteiger partial charge on any atom is 0.249 e. The number of nitrogens with zero attached hydrogens (tertiary/aromatic N) is 3. The predicted molar refractivity (Wildman–Crippen MR) is 89.6 cm³/mol. The normalized spacial score (nSPS) is 12.1. The van der Waals surface area contributed by atoms with Crippen molar-refractivity contribution < 1.29 is 4.79 Å². The minimum Gasteiger partial charge on any atom is -0.366 e. The molecule has 0 radical (unpaired) electrons. The van der Waals surface area contributed by atoms with E-state index in [2.05, 4.69) is 10.3 Å². The molecule has 1 unspecified atom stereocenters. The second-order valence-corrected chi connectivity index (χ2v) is 5.79. The zero-order chi connectivity index (χ0) is 16.4. The third kappa shape index (κ3) is 2.96. The van der Waals surface area contributed by atoms with E-state index in [-0.39, 0.29) is 5.38 Å². The van der Waals surface area contributed by atoms with Gasteiger partial charge in [0.1, 0.15) is 5.69 Å². The summed E-state index contributed by atoms with van der Waals surface area (Å²) >= 11 is 6.05. The molecule has 2 N–H and O–H groups in total. The topological polar surface area (TPSA) is 73.8 Å². The molecule has 0 aliphatic rings. The SMILES string of the molecule is CC(Cl)c1cn(-c2ccccc2-c2ccccc2C(N)=O)nn1. The minimum atomic E-state index is -0.468. The van der Waals surface area contributed by atoms with Crippen LogP contribution in [-0.2, 0) is 0 Å². The van der Waals surface area contributed by atoms with Crippen LogP contribution in [0.4, 0.5) is 0 Å². The zero-order valence-electron chi connectivity index (χ0n) is 12.5. The molecular weight excluding hydrogens is 312 g/mol. The van der Waals surface area contributed by atoms with Crippen molar-refractivity contribution in [1.29, 1.82) is 0 Å². The molecule has 23 heavy (non-hydrogen) atoms. The van der Waals surface area contributed by atoms with Crippen LogP contribution in [0.15, 0.2) is 54.7 Å². The highest BCUT2D eigenvalue weighted by atomic mass is 35.5. The van der Waals surface area contributed by atoms with Crippen LogP contribution in [0.3, 0.4) is 0 Å². The van der Waals surface area contributed by atoms with Crippen molar-refractivity contribution in [3.63, 3.8) is 0 Å². The molecule has 0 aliphatic carbocycles. The van der Waals surface area contributed by atoms with Gasteiger partial charge in [-0.15, -0.1) is 16.7 Å². The molecule has 0 bridgehead atoms. The number of alkyl halides is 1. The maximum atomic E-state index is 11.7. The molecule has 3 aromatic rings. The van der Waals surface area contributed by atoms with E-state index in [1.807, 2.05) is 43.3 Å². The summed E-state index contributed by atoms with van der Waals surface area (Å²) in [7, 11) is 0. The molecule has 0 saturated heterocycles. The van der Waals surface area contributed by atoms with Gasteiger partial charge in [-0.25, -0.2) is 4.68 Å². The van der Waals surface area contributed by atoms with E-state index in [9.17, 15) is 4.79 Å². The standard InChI is InChI=1S/C17H15ClN4O/c1-11(18)15-10-22(21-20-15)16-9-5-4-7-13(16)12-6-2-3-8-14(12)17(19)23/h2-11H,1H3,(H2,19,23). The number of rotatable bonds is 4. The lowest BCUT2D eigenvalue weighted by molar-refractivity contribution is 0.100. The van der Waals surface area contributed by atoms with Crippen molar-refractivity contribution in [2.24, 2.45) is 5.73 Å². The maximum absolute atomic E-state index is 11.7. The lowest BCUT2D eigenvalue weighted by Gasteiger charge is -2.11. The van der Waals surface area contributed by atoms with Crippen molar-refractivity contribution in [3.8, 4) is 16.8 Å². The molecule has 0 saturated carbocycles. The summed E-state index contributed by atoms with van der Waals surface area (Å²) in [5.74, 6) is -0.468. The number of para-hydroxylation sites is 1. The Morgan fingerprint density at radius 1 is 1.13 bits per heavy atom. The van der Waals surface area contributed by atoms with Gasteiger partial charge in [-0.3, -0.25) is 4.79 Å². The molecule has 0 spiro atoms. The predicted octanol–water partition coefficient (Wildman–Crippen LogP) is 3.33. The fourth-order valence-corrected chi connectivity index (χ4v) is 2.51. The molecule has 116 valence electrons. The van der Waals surface area contributed by atoms with Gasteiger partial charge in [-0.2, -0.15) is 0 Å². The lowest BCUT2D eigenvalue weighted by atomic mass is 9.98. The van der Waals surface area contributed by atoms with E-state index < -0.39 is 5.91 Å². The molecule has 1 heterocycles.